The van der Waals surface area contributed by atoms with Crippen molar-refractivity contribution in [1.29, 1.82) is 0 Å². The van der Waals surface area contributed by atoms with Crippen molar-refractivity contribution in [3.63, 3.8) is 0 Å². The maximum Gasteiger partial charge on any atom is 0.157 e. The first-order chi connectivity index (χ1) is 6.77. The Hall–Kier alpha value is 0.260. The van der Waals surface area contributed by atoms with Gasteiger partial charge in [-0.25, -0.2) is 0 Å². The van der Waals surface area contributed by atoms with Gasteiger partial charge in [0.15, 0.2) is 5.17 Å². The van der Waals surface area contributed by atoms with Gasteiger partial charge in [-0.15, -0.1) is 0 Å². The first-order valence-corrected chi connectivity index (χ1v) is 6.80. The number of methoxy groups -OCH3 is 1. The Balaban J connectivity index is 2.26. The zero-order valence-electron chi connectivity index (χ0n) is 8.62. The Labute approximate surface area is 98.2 Å². The topological polar surface area (TPSA) is 33.6 Å². The number of halogens is 1. The Bertz CT molecular complexity index is 201. The molecule has 14 heavy (non-hydrogen) atoms. The van der Waals surface area contributed by atoms with Crippen LogP contribution >= 0.6 is 27.7 Å². The standard InChI is InChI=1S/C9H17BrN2OS/c1-7-8(6-10)14-9(12-7)11-4-3-5-13-2/h7-8H,3-6H2,1-2H3,(H,11,12). The highest BCUT2D eigenvalue weighted by Crippen LogP contribution is 2.24. The van der Waals surface area contributed by atoms with E-state index in [0.717, 1.165) is 30.1 Å². The van der Waals surface area contributed by atoms with Crippen molar-refractivity contribution < 1.29 is 4.74 Å². The summed E-state index contributed by atoms with van der Waals surface area (Å²) in [5, 5.41) is 6.08. The van der Waals surface area contributed by atoms with Gasteiger partial charge in [0.25, 0.3) is 0 Å². The fourth-order valence-corrected chi connectivity index (χ4v) is 3.20. The molecule has 0 amide bonds. The Kier molecular flexibility index (Phi) is 5.89. The fraction of sp³-hybridized carbons (Fsp3) is 0.889. The Morgan fingerprint density at radius 3 is 3.00 bits per heavy atom. The molecule has 0 aromatic carbocycles. The van der Waals surface area contributed by atoms with E-state index in [9.17, 15) is 0 Å². The molecule has 0 aromatic rings. The molecule has 0 saturated carbocycles. The molecule has 1 fully saturated rings. The molecule has 2 atom stereocenters. The summed E-state index contributed by atoms with van der Waals surface area (Å²) in [6, 6.07) is 0.514. The molecule has 0 aromatic heterocycles. The molecule has 0 bridgehead atoms. The number of aliphatic imine (C=N–C) groups is 1. The molecule has 1 N–H and O–H groups in total. The van der Waals surface area contributed by atoms with E-state index in [2.05, 4.69) is 33.2 Å². The summed E-state index contributed by atoms with van der Waals surface area (Å²) < 4.78 is 4.97. The van der Waals surface area contributed by atoms with Crippen molar-refractivity contribution in [2.24, 2.45) is 4.99 Å². The quantitative estimate of drug-likeness (QED) is 0.617. The highest BCUT2D eigenvalue weighted by Gasteiger charge is 2.26. The number of ether oxygens (including phenoxy) is 1. The van der Waals surface area contributed by atoms with Gasteiger partial charge in [-0.05, 0) is 13.3 Å². The minimum Gasteiger partial charge on any atom is -0.385 e. The summed E-state index contributed by atoms with van der Waals surface area (Å²) in [6.07, 6.45) is 0.996. The predicted molar refractivity (Wildman–Crippen MR) is 66.6 cm³/mol. The number of amidine groups is 1. The molecule has 1 aliphatic heterocycles. The average molecular weight is 281 g/mol. The molecular weight excluding hydrogens is 264 g/mol. The molecule has 0 spiro atoms. The zero-order valence-corrected chi connectivity index (χ0v) is 11.0. The smallest absolute Gasteiger partial charge is 0.157 e. The SMILES string of the molecule is COCCCN=C1NC(C)C(CBr)S1. The molecule has 2 unspecified atom stereocenters. The lowest BCUT2D eigenvalue weighted by atomic mass is 10.3. The van der Waals surface area contributed by atoms with Crippen LogP contribution in [0.25, 0.3) is 0 Å². The van der Waals surface area contributed by atoms with Crippen LogP contribution in [0.15, 0.2) is 4.99 Å². The highest BCUT2D eigenvalue weighted by molar-refractivity contribution is 9.09. The summed E-state index contributed by atoms with van der Waals surface area (Å²) >= 11 is 5.33. The number of nitrogens with zero attached hydrogens (tertiary/aromatic N) is 1. The molecule has 0 radical (unpaired) electrons. The molecule has 1 heterocycles. The lowest BCUT2D eigenvalue weighted by Gasteiger charge is -2.07. The van der Waals surface area contributed by atoms with Crippen LogP contribution in [0.3, 0.4) is 0 Å². The summed E-state index contributed by atoms with van der Waals surface area (Å²) in [6.45, 7) is 3.83. The number of alkyl halides is 1. The van der Waals surface area contributed by atoms with Crippen LogP contribution in [0.2, 0.25) is 0 Å². The van der Waals surface area contributed by atoms with Gasteiger partial charge in [0, 0.05) is 36.9 Å². The van der Waals surface area contributed by atoms with Gasteiger partial charge >= 0.3 is 0 Å². The van der Waals surface area contributed by atoms with E-state index in [1.54, 1.807) is 7.11 Å². The minimum atomic E-state index is 0.514. The summed E-state index contributed by atoms with van der Waals surface area (Å²) in [5.74, 6) is 0. The van der Waals surface area contributed by atoms with E-state index in [1.807, 2.05) is 11.8 Å². The number of rotatable bonds is 5. The summed E-state index contributed by atoms with van der Waals surface area (Å²) in [7, 11) is 1.72. The molecule has 1 saturated heterocycles. The first-order valence-electron chi connectivity index (χ1n) is 4.80. The van der Waals surface area contributed by atoms with Gasteiger partial charge in [-0.2, -0.15) is 0 Å². The average Bonchev–Trinajstić information content (AvgIpc) is 2.54. The first kappa shape index (κ1) is 12.3. The second-order valence-corrected chi connectivity index (χ2v) is 5.15. The van der Waals surface area contributed by atoms with E-state index in [1.165, 1.54) is 0 Å². The lowest BCUT2D eigenvalue weighted by Crippen LogP contribution is -2.28. The van der Waals surface area contributed by atoms with Crippen LogP contribution in [-0.4, -0.2) is 42.1 Å². The van der Waals surface area contributed by atoms with E-state index in [0.29, 0.717) is 11.3 Å². The van der Waals surface area contributed by atoms with Gasteiger partial charge in [0.1, 0.15) is 0 Å². The molecule has 1 rings (SSSR count). The number of thioether (sulfide) groups is 1. The molecular formula is C9H17BrN2OS. The second kappa shape index (κ2) is 6.69. The van der Waals surface area contributed by atoms with Crippen LogP contribution in [-0.2, 0) is 4.74 Å². The minimum absolute atomic E-state index is 0.514. The lowest BCUT2D eigenvalue weighted by molar-refractivity contribution is 0.197. The third-order valence-electron chi connectivity index (χ3n) is 2.09. The summed E-state index contributed by atoms with van der Waals surface area (Å²) in [5.41, 5.74) is 0. The molecule has 1 aliphatic rings. The van der Waals surface area contributed by atoms with E-state index in [-0.39, 0.29) is 0 Å². The van der Waals surface area contributed by atoms with Gasteiger partial charge in [-0.1, -0.05) is 27.7 Å². The third-order valence-corrected chi connectivity index (χ3v) is 4.56. The van der Waals surface area contributed by atoms with Crippen LogP contribution in [0.4, 0.5) is 0 Å². The normalized spacial score (nSPS) is 29.5. The maximum absolute atomic E-state index is 4.97. The monoisotopic (exact) mass is 280 g/mol. The Morgan fingerprint density at radius 2 is 2.43 bits per heavy atom. The van der Waals surface area contributed by atoms with Crippen molar-refractivity contribution in [2.45, 2.75) is 24.6 Å². The molecule has 3 nitrogen and oxygen atoms in total. The van der Waals surface area contributed by atoms with Crippen LogP contribution < -0.4 is 5.32 Å². The zero-order chi connectivity index (χ0) is 10.4. The van der Waals surface area contributed by atoms with Gasteiger partial charge < -0.3 is 10.1 Å². The maximum atomic E-state index is 4.97. The van der Waals surface area contributed by atoms with Crippen molar-refractivity contribution in [2.75, 3.05) is 25.6 Å². The number of hydrogen-bond acceptors (Lipinski definition) is 3. The number of nitrogens with one attached hydrogen (secondary N) is 1. The number of hydrogen-bond donors (Lipinski definition) is 1. The van der Waals surface area contributed by atoms with Gasteiger partial charge in [0.2, 0.25) is 0 Å². The van der Waals surface area contributed by atoms with Crippen molar-refractivity contribution >= 4 is 32.9 Å². The molecule has 5 heteroatoms. The molecule has 82 valence electrons. The van der Waals surface area contributed by atoms with Crippen molar-refractivity contribution in [3.05, 3.63) is 0 Å². The summed E-state index contributed by atoms with van der Waals surface area (Å²) in [4.78, 5) is 4.48. The van der Waals surface area contributed by atoms with Gasteiger partial charge in [0.05, 0.1) is 0 Å². The fourth-order valence-electron chi connectivity index (χ4n) is 1.20. The van der Waals surface area contributed by atoms with Crippen molar-refractivity contribution in [3.8, 4) is 0 Å². The predicted octanol–water partition coefficient (Wildman–Crippen LogP) is 1.87. The highest BCUT2D eigenvalue weighted by atomic mass is 79.9. The third kappa shape index (κ3) is 3.79. The largest absolute Gasteiger partial charge is 0.385 e. The molecule has 0 aliphatic carbocycles. The van der Waals surface area contributed by atoms with Crippen LogP contribution in [0, 0.1) is 0 Å². The van der Waals surface area contributed by atoms with E-state index >= 15 is 0 Å². The van der Waals surface area contributed by atoms with Crippen molar-refractivity contribution in [1.82, 2.24) is 5.32 Å². The van der Waals surface area contributed by atoms with E-state index < -0.39 is 0 Å². The van der Waals surface area contributed by atoms with Crippen LogP contribution in [0.1, 0.15) is 13.3 Å². The van der Waals surface area contributed by atoms with Gasteiger partial charge in [-0.3, -0.25) is 4.99 Å². The van der Waals surface area contributed by atoms with E-state index in [4.69, 9.17) is 4.74 Å². The Morgan fingerprint density at radius 1 is 1.64 bits per heavy atom. The second-order valence-electron chi connectivity index (χ2n) is 3.28. The van der Waals surface area contributed by atoms with Crippen LogP contribution in [0.5, 0.6) is 0 Å².